The monoisotopic (exact) mass is 320 g/mol. The largest absolute Gasteiger partial charge is 0.369 e. The lowest BCUT2D eigenvalue weighted by atomic mass is 10.1. The number of primary amides is 1. The highest BCUT2D eigenvalue weighted by Crippen LogP contribution is 2.29. The van der Waals surface area contributed by atoms with E-state index in [4.69, 9.17) is 5.73 Å². The number of H-pyrrole nitrogens is 1. The van der Waals surface area contributed by atoms with Gasteiger partial charge in [0.15, 0.2) is 5.13 Å². The zero-order valence-corrected chi connectivity index (χ0v) is 12.9. The summed E-state index contributed by atoms with van der Waals surface area (Å²) in [4.78, 5) is 29.2. The minimum Gasteiger partial charge on any atom is -0.369 e. The number of nitrogens with zero attached hydrogens (tertiary/aromatic N) is 3. The SMILES string of the molecule is Cc1[nH]nc2c1N(C(=O)Nc1nc(CC(N)=O)cs1)CCC2. The molecule has 0 radical (unpaired) electrons. The molecule has 4 N–H and O–H groups in total. The molecule has 0 fully saturated rings. The molecule has 22 heavy (non-hydrogen) atoms. The first kappa shape index (κ1) is 14.5. The highest BCUT2D eigenvalue weighted by Gasteiger charge is 2.27. The molecule has 0 saturated carbocycles. The second-order valence-electron chi connectivity index (χ2n) is 5.12. The van der Waals surface area contributed by atoms with Gasteiger partial charge in [-0.1, -0.05) is 0 Å². The number of carbonyl (C=O) groups excluding carboxylic acids is 2. The molecule has 0 unspecified atom stereocenters. The van der Waals surface area contributed by atoms with Crippen molar-refractivity contribution < 1.29 is 9.59 Å². The number of aryl methyl sites for hydroxylation is 2. The average Bonchev–Trinajstić information content (AvgIpc) is 3.05. The molecular weight excluding hydrogens is 304 g/mol. The van der Waals surface area contributed by atoms with E-state index in [1.165, 1.54) is 11.3 Å². The summed E-state index contributed by atoms with van der Waals surface area (Å²) in [7, 11) is 0. The van der Waals surface area contributed by atoms with Crippen LogP contribution in [0.25, 0.3) is 0 Å². The summed E-state index contributed by atoms with van der Waals surface area (Å²) < 4.78 is 0. The van der Waals surface area contributed by atoms with Crippen molar-refractivity contribution in [3.8, 4) is 0 Å². The van der Waals surface area contributed by atoms with Crippen LogP contribution in [0.5, 0.6) is 0 Å². The van der Waals surface area contributed by atoms with Crippen LogP contribution in [0.15, 0.2) is 5.38 Å². The average molecular weight is 320 g/mol. The van der Waals surface area contributed by atoms with Crippen LogP contribution in [0.4, 0.5) is 15.6 Å². The molecule has 0 atom stereocenters. The number of fused-ring (bicyclic) bond motifs is 1. The van der Waals surface area contributed by atoms with Crippen LogP contribution in [-0.4, -0.2) is 33.7 Å². The van der Waals surface area contributed by atoms with Gasteiger partial charge in [0.25, 0.3) is 0 Å². The number of thiazole rings is 1. The minimum absolute atomic E-state index is 0.0705. The minimum atomic E-state index is -0.446. The van der Waals surface area contributed by atoms with Gasteiger partial charge in [0.1, 0.15) is 0 Å². The Morgan fingerprint density at radius 2 is 2.36 bits per heavy atom. The number of carbonyl (C=O) groups is 2. The van der Waals surface area contributed by atoms with Crippen LogP contribution in [0, 0.1) is 6.92 Å². The first-order chi connectivity index (χ1) is 10.5. The molecule has 1 aliphatic heterocycles. The fraction of sp³-hybridized carbons (Fsp3) is 0.385. The first-order valence-corrected chi connectivity index (χ1v) is 7.77. The quantitative estimate of drug-likeness (QED) is 0.787. The van der Waals surface area contributed by atoms with Gasteiger partial charge in [-0.15, -0.1) is 11.3 Å². The summed E-state index contributed by atoms with van der Waals surface area (Å²) in [5, 5.41) is 12.1. The van der Waals surface area contributed by atoms with Crippen LogP contribution >= 0.6 is 11.3 Å². The Hall–Kier alpha value is -2.42. The number of nitrogens with one attached hydrogen (secondary N) is 2. The molecule has 8 nitrogen and oxygen atoms in total. The molecule has 1 aliphatic rings. The maximum Gasteiger partial charge on any atom is 0.328 e. The number of urea groups is 1. The summed E-state index contributed by atoms with van der Waals surface area (Å²) >= 11 is 1.27. The van der Waals surface area contributed by atoms with E-state index in [9.17, 15) is 9.59 Å². The molecule has 0 aliphatic carbocycles. The number of hydrogen-bond donors (Lipinski definition) is 3. The molecule has 2 aromatic heterocycles. The normalized spacial score (nSPS) is 13.8. The molecule has 9 heteroatoms. The van der Waals surface area contributed by atoms with Crippen molar-refractivity contribution in [3.63, 3.8) is 0 Å². The molecule has 3 heterocycles. The van der Waals surface area contributed by atoms with Gasteiger partial charge in [-0.25, -0.2) is 9.78 Å². The number of hydrogen-bond acceptors (Lipinski definition) is 5. The van der Waals surface area contributed by atoms with Crippen LogP contribution < -0.4 is 16.0 Å². The maximum atomic E-state index is 12.5. The lowest BCUT2D eigenvalue weighted by Gasteiger charge is -2.26. The van der Waals surface area contributed by atoms with Gasteiger partial charge in [0.2, 0.25) is 5.91 Å². The molecular formula is C13H16N6O2S. The Balaban J connectivity index is 1.74. The Labute approximate surface area is 130 Å². The first-order valence-electron chi connectivity index (χ1n) is 6.89. The Kier molecular flexibility index (Phi) is 3.80. The highest BCUT2D eigenvalue weighted by atomic mass is 32.1. The van der Waals surface area contributed by atoms with Crippen molar-refractivity contribution in [2.75, 3.05) is 16.8 Å². The standard InChI is InChI=1S/C13H16N6O2S/c1-7-11-9(18-17-7)3-2-4-19(11)13(21)16-12-15-8(6-22-12)5-10(14)20/h6H,2-5H2,1H3,(H2,14,20)(H,17,18)(H,15,16,21). The fourth-order valence-corrected chi connectivity index (χ4v) is 3.21. The van der Waals surface area contributed by atoms with Crippen molar-refractivity contribution in [2.24, 2.45) is 5.73 Å². The molecule has 2 aromatic rings. The second kappa shape index (κ2) is 5.76. The molecule has 0 saturated heterocycles. The van der Waals surface area contributed by atoms with E-state index in [1.807, 2.05) is 6.92 Å². The van der Waals surface area contributed by atoms with Crippen molar-refractivity contribution in [1.29, 1.82) is 0 Å². The van der Waals surface area contributed by atoms with E-state index < -0.39 is 5.91 Å². The number of aromatic nitrogens is 3. The third kappa shape index (κ3) is 2.80. The van der Waals surface area contributed by atoms with Gasteiger partial charge in [-0.2, -0.15) is 5.10 Å². The number of rotatable bonds is 3. The topological polar surface area (TPSA) is 117 Å². The van der Waals surface area contributed by atoms with E-state index in [1.54, 1.807) is 10.3 Å². The van der Waals surface area contributed by atoms with Gasteiger partial charge in [0, 0.05) is 11.9 Å². The van der Waals surface area contributed by atoms with Crippen LogP contribution in [-0.2, 0) is 17.6 Å². The summed E-state index contributed by atoms with van der Waals surface area (Å²) in [5.41, 5.74) is 8.32. The predicted molar refractivity (Wildman–Crippen MR) is 83.0 cm³/mol. The summed E-state index contributed by atoms with van der Waals surface area (Å²) in [6.45, 7) is 2.53. The van der Waals surface area contributed by atoms with Crippen molar-refractivity contribution in [3.05, 3.63) is 22.5 Å². The summed E-state index contributed by atoms with van der Waals surface area (Å²) in [6, 6.07) is -0.245. The van der Waals surface area contributed by atoms with Gasteiger partial charge in [-0.3, -0.25) is 20.1 Å². The van der Waals surface area contributed by atoms with Crippen LogP contribution in [0.3, 0.4) is 0 Å². The smallest absolute Gasteiger partial charge is 0.328 e. The Morgan fingerprint density at radius 1 is 1.55 bits per heavy atom. The van der Waals surface area contributed by atoms with Crippen molar-refractivity contribution in [2.45, 2.75) is 26.2 Å². The van der Waals surface area contributed by atoms with E-state index in [0.29, 0.717) is 17.4 Å². The fourth-order valence-electron chi connectivity index (χ4n) is 2.51. The van der Waals surface area contributed by atoms with Gasteiger partial charge in [-0.05, 0) is 19.8 Å². The van der Waals surface area contributed by atoms with Crippen molar-refractivity contribution >= 4 is 34.1 Å². The highest BCUT2D eigenvalue weighted by molar-refractivity contribution is 7.14. The third-order valence-corrected chi connectivity index (χ3v) is 4.22. The Bertz CT molecular complexity index is 722. The van der Waals surface area contributed by atoms with Gasteiger partial charge >= 0.3 is 6.03 Å². The maximum absolute atomic E-state index is 12.5. The van der Waals surface area contributed by atoms with Gasteiger partial charge in [0.05, 0.1) is 29.2 Å². The number of aromatic amines is 1. The lowest BCUT2D eigenvalue weighted by Crippen LogP contribution is -2.38. The van der Waals surface area contributed by atoms with E-state index in [-0.39, 0.29) is 12.5 Å². The Morgan fingerprint density at radius 3 is 3.14 bits per heavy atom. The number of nitrogens with two attached hydrogens (primary N) is 1. The third-order valence-electron chi connectivity index (χ3n) is 3.42. The summed E-state index contributed by atoms with van der Waals surface area (Å²) in [6.07, 6.45) is 1.81. The number of amides is 3. The zero-order valence-electron chi connectivity index (χ0n) is 12.0. The molecule has 0 aromatic carbocycles. The van der Waals surface area contributed by atoms with E-state index in [0.717, 1.165) is 29.9 Å². The summed E-state index contributed by atoms with van der Waals surface area (Å²) in [5.74, 6) is -0.446. The number of anilines is 2. The van der Waals surface area contributed by atoms with E-state index in [2.05, 4.69) is 20.5 Å². The molecule has 0 bridgehead atoms. The molecule has 3 rings (SSSR count). The predicted octanol–water partition coefficient (Wildman–Crippen LogP) is 1.19. The van der Waals surface area contributed by atoms with Crippen molar-refractivity contribution in [1.82, 2.24) is 15.2 Å². The van der Waals surface area contributed by atoms with Gasteiger partial charge < -0.3 is 5.73 Å². The molecule has 116 valence electrons. The molecule has 3 amide bonds. The van der Waals surface area contributed by atoms with Crippen LogP contribution in [0.2, 0.25) is 0 Å². The zero-order chi connectivity index (χ0) is 15.7. The van der Waals surface area contributed by atoms with E-state index >= 15 is 0 Å². The lowest BCUT2D eigenvalue weighted by molar-refractivity contribution is -0.117. The molecule has 0 spiro atoms. The second-order valence-corrected chi connectivity index (χ2v) is 5.97. The van der Waals surface area contributed by atoms with Crippen LogP contribution in [0.1, 0.15) is 23.5 Å².